The molecule has 4 rings (SSSR count). The number of ether oxygens (including phenoxy) is 1. The number of carbonyl (C=O) groups excluding carboxylic acids is 2. The van der Waals surface area contributed by atoms with Gasteiger partial charge in [0.1, 0.15) is 0 Å². The van der Waals surface area contributed by atoms with Crippen molar-refractivity contribution in [3.8, 4) is 11.3 Å². The highest BCUT2D eigenvalue weighted by Gasteiger charge is 2.28. The Morgan fingerprint density at radius 2 is 1.82 bits per heavy atom. The smallest absolute Gasteiger partial charge is 0.340 e. The second-order valence-electron chi connectivity index (χ2n) is 7.76. The monoisotopic (exact) mass is 464 g/mol. The maximum atomic E-state index is 12.6. The Morgan fingerprint density at radius 3 is 2.52 bits per heavy atom. The zero-order chi connectivity index (χ0) is 23.6. The summed E-state index contributed by atoms with van der Waals surface area (Å²) >= 11 is 0. The lowest BCUT2D eigenvalue weighted by atomic mass is 10.1. The number of esters is 1. The first-order valence-electron chi connectivity index (χ1n) is 10.7. The Morgan fingerprint density at radius 1 is 1.06 bits per heavy atom. The molecule has 0 bridgehead atoms. The van der Waals surface area contributed by atoms with Crippen molar-refractivity contribution in [3.05, 3.63) is 83.0 Å². The number of Topliss-reactive ketones (excluding diaryl/α,β-unsaturated/α-hetero) is 1. The van der Waals surface area contributed by atoms with Crippen molar-refractivity contribution in [2.45, 2.75) is 20.3 Å². The summed E-state index contributed by atoms with van der Waals surface area (Å²) in [5.74, 6) is -0.951. The summed E-state index contributed by atoms with van der Waals surface area (Å²) in [7, 11) is -3.35. The lowest BCUT2D eigenvalue weighted by Crippen LogP contribution is -2.30. The Bertz CT molecular complexity index is 1320. The summed E-state index contributed by atoms with van der Waals surface area (Å²) in [6.07, 6.45) is 0.536. The number of rotatable bonds is 7. The van der Waals surface area contributed by atoms with Crippen LogP contribution in [0.3, 0.4) is 0 Å². The van der Waals surface area contributed by atoms with Gasteiger partial charge in [-0.2, -0.15) is 0 Å². The zero-order valence-corrected chi connectivity index (χ0v) is 19.3. The SMILES string of the molecule is CCS(=O)(=O)N1CCc2cc(C(=O)COC(=O)c3ccc(-c4ccccc4)nc3C)ccc21. The summed E-state index contributed by atoms with van der Waals surface area (Å²) in [6.45, 7) is 3.28. The van der Waals surface area contributed by atoms with E-state index in [-0.39, 0.29) is 11.5 Å². The number of pyridine rings is 1. The second kappa shape index (κ2) is 9.15. The number of hydrogen-bond acceptors (Lipinski definition) is 6. The lowest BCUT2D eigenvalue weighted by Gasteiger charge is -2.18. The topological polar surface area (TPSA) is 93.6 Å². The molecule has 8 heteroatoms. The molecule has 0 unspecified atom stereocenters. The van der Waals surface area contributed by atoms with E-state index in [9.17, 15) is 18.0 Å². The quantitative estimate of drug-likeness (QED) is 0.390. The van der Waals surface area contributed by atoms with Crippen LogP contribution in [0.2, 0.25) is 0 Å². The van der Waals surface area contributed by atoms with Crippen molar-refractivity contribution in [1.82, 2.24) is 4.98 Å². The van der Waals surface area contributed by atoms with Gasteiger partial charge in [-0.15, -0.1) is 0 Å². The summed E-state index contributed by atoms with van der Waals surface area (Å²) in [5, 5.41) is 0. The largest absolute Gasteiger partial charge is 0.454 e. The van der Waals surface area contributed by atoms with E-state index < -0.39 is 22.6 Å². The Hall–Kier alpha value is -3.52. The van der Waals surface area contributed by atoms with Crippen LogP contribution in [0.5, 0.6) is 0 Å². The standard InChI is InChI=1S/C25H24N2O5S/c1-3-33(30,31)27-14-13-19-15-20(9-12-23(19)27)24(28)16-32-25(29)21-10-11-22(26-17(21)2)18-7-5-4-6-8-18/h4-12,15H,3,13-14,16H2,1-2H3. The van der Waals surface area contributed by atoms with E-state index in [0.717, 1.165) is 16.8 Å². The molecule has 1 aromatic heterocycles. The van der Waals surface area contributed by atoms with Crippen molar-refractivity contribution < 1.29 is 22.7 Å². The van der Waals surface area contributed by atoms with Gasteiger partial charge in [0.15, 0.2) is 12.4 Å². The van der Waals surface area contributed by atoms with E-state index in [1.54, 1.807) is 44.2 Å². The van der Waals surface area contributed by atoms with E-state index in [1.807, 2.05) is 30.3 Å². The minimum absolute atomic E-state index is 0.0175. The molecule has 3 aromatic rings. The van der Waals surface area contributed by atoms with Crippen molar-refractivity contribution in [2.75, 3.05) is 23.2 Å². The van der Waals surface area contributed by atoms with Crippen LogP contribution < -0.4 is 4.31 Å². The number of hydrogen-bond donors (Lipinski definition) is 0. The molecule has 0 saturated carbocycles. The predicted octanol–water partition coefficient (Wildman–Crippen LogP) is 3.81. The normalized spacial score (nSPS) is 13.0. The molecule has 33 heavy (non-hydrogen) atoms. The fraction of sp³-hybridized carbons (Fsp3) is 0.240. The summed E-state index contributed by atoms with van der Waals surface area (Å²) in [6, 6.07) is 17.9. The number of fused-ring (bicyclic) bond motifs is 1. The van der Waals surface area contributed by atoms with Gasteiger partial charge in [-0.25, -0.2) is 13.2 Å². The molecule has 1 aliphatic rings. The molecule has 0 N–H and O–H groups in total. The van der Waals surface area contributed by atoms with Crippen molar-refractivity contribution in [3.63, 3.8) is 0 Å². The Kier molecular flexibility index (Phi) is 6.29. The number of benzene rings is 2. The average molecular weight is 465 g/mol. The first kappa shape index (κ1) is 22.7. The molecule has 0 fully saturated rings. The van der Waals surface area contributed by atoms with Crippen LogP contribution >= 0.6 is 0 Å². The first-order chi connectivity index (χ1) is 15.8. The third kappa shape index (κ3) is 4.66. The Labute approximate surface area is 193 Å². The molecule has 0 spiro atoms. The number of anilines is 1. The minimum Gasteiger partial charge on any atom is -0.454 e. The van der Waals surface area contributed by atoms with Crippen LogP contribution in [0, 0.1) is 6.92 Å². The van der Waals surface area contributed by atoms with Crippen LogP contribution in [0.1, 0.15) is 38.9 Å². The lowest BCUT2D eigenvalue weighted by molar-refractivity contribution is 0.0473. The number of carbonyl (C=O) groups is 2. The highest BCUT2D eigenvalue weighted by molar-refractivity contribution is 7.92. The van der Waals surface area contributed by atoms with E-state index in [1.165, 1.54) is 4.31 Å². The molecular weight excluding hydrogens is 440 g/mol. The van der Waals surface area contributed by atoms with Crippen molar-refractivity contribution in [1.29, 1.82) is 0 Å². The average Bonchev–Trinajstić information content (AvgIpc) is 3.27. The van der Waals surface area contributed by atoms with Crippen LogP contribution in [0.15, 0.2) is 60.7 Å². The van der Waals surface area contributed by atoms with E-state index >= 15 is 0 Å². The molecule has 0 atom stereocenters. The maximum absolute atomic E-state index is 12.6. The summed E-state index contributed by atoms with van der Waals surface area (Å²) in [5.41, 5.74) is 4.29. The molecule has 2 aromatic carbocycles. The summed E-state index contributed by atoms with van der Waals surface area (Å²) in [4.78, 5) is 29.6. The highest BCUT2D eigenvalue weighted by atomic mass is 32.2. The molecular formula is C25H24N2O5S. The number of aromatic nitrogens is 1. The van der Waals surface area contributed by atoms with Crippen LogP contribution in [-0.2, 0) is 21.2 Å². The molecule has 1 aliphatic heterocycles. The number of sulfonamides is 1. The van der Waals surface area contributed by atoms with Gasteiger partial charge in [-0.3, -0.25) is 14.1 Å². The van der Waals surface area contributed by atoms with E-state index in [2.05, 4.69) is 4.98 Å². The number of aryl methyl sites for hydroxylation is 1. The van der Waals surface area contributed by atoms with Gasteiger partial charge >= 0.3 is 5.97 Å². The molecule has 7 nitrogen and oxygen atoms in total. The van der Waals surface area contributed by atoms with Crippen molar-refractivity contribution >= 4 is 27.5 Å². The fourth-order valence-electron chi connectivity index (χ4n) is 3.83. The second-order valence-corrected chi connectivity index (χ2v) is 9.94. The van der Waals surface area contributed by atoms with Gasteiger partial charge in [-0.1, -0.05) is 30.3 Å². The van der Waals surface area contributed by atoms with Crippen LogP contribution in [0.25, 0.3) is 11.3 Å². The molecule has 0 aliphatic carbocycles. The van der Waals surface area contributed by atoms with Gasteiger partial charge in [0.2, 0.25) is 10.0 Å². The minimum atomic E-state index is -3.35. The van der Waals surface area contributed by atoms with Crippen molar-refractivity contribution in [2.24, 2.45) is 0 Å². The van der Waals surface area contributed by atoms with Crippen LogP contribution in [-0.4, -0.2) is 44.1 Å². The third-order valence-electron chi connectivity index (χ3n) is 5.66. The number of nitrogens with zero attached hydrogens (tertiary/aromatic N) is 2. The van der Waals surface area contributed by atoms with E-state index in [4.69, 9.17) is 4.74 Å². The van der Waals surface area contributed by atoms with Crippen LogP contribution in [0.4, 0.5) is 5.69 Å². The molecule has 0 radical (unpaired) electrons. The first-order valence-corrected chi connectivity index (χ1v) is 12.3. The van der Waals surface area contributed by atoms with Gasteiger partial charge in [-0.05, 0) is 56.2 Å². The zero-order valence-electron chi connectivity index (χ0n) is 18.4. The van der Waals surface area contributed by atoms with Gasteiger partial charge in [0.05, 0.1) is 28.4 Å². The fourth-order valence-corrected chi connectivity index (χ4v) is 4.99. The van der Waals surface area contributed by atoms with Gasteiger partial charge in [0.25, 0.3) is 0 Å². The highest BCUT2D eigenvalue weighted by Crippen LogP contribution is 2.31. The molecule has 0 amide bonds. The van der Waals surface area contributed by atoms with E-state index in [0.29, 0.717) is 35.5 Å². The Balaban J connectivity index is 1.43. The van der Waals surface area contributed by atoms with Gasteiger partial charge in [0, 0.05) is 17.7 Å². The molecule has 0 saturated heterocycles. The summed E-state index contributed by atoms with van der Waals surface area (Å²) < 4.78 is 31.1. The molecule has 2 heterocycles. The maximum Gasteiger partial charge on any atom is 0.340 e. The van der Waals surface area contributed by atoms with Gasteiger partial charge < -0.3 is 4.74 Å². The third-order valence-corrected chi connectivity index (χ3v) is 7.45. The number of ketones is 1. The molecule has 170 valence electrons. The predicted molar refractivity (Wildman–Crippen MR) is 126 cm³/mol.